The fraction of sp³-hybridized carbons (Fsp3) is 0.136. The van der Waals surface area contributed by atoms with Crippen molar-refractivity contribution in [1.29, 1.82) is 0 Å². The Morgan fingerprint density at radius 2 is 1.97 bits per heavy atom. The van der Waals surface area contributed by atoms with Gasteiger partial charge in [-0.2, -0.15) is 0 Å². The molecule has 1 aliphatic rings. The zero-order valence-electron chi connectivity index (χ0n) is 17.1. The molecule has 1 fully saturated rings. The number of carbonyl (C=O) groups excluding carboxylic acids is 3. The van der Waals surface area contributed by atoms with Gasteiger partial charge >= 0.3 is 0 Å². The lowest BCUT2D eigenvalue weighted by Crippen LogP contribution is -2.38. The molecule has 33 heavy (non-hydrogen) atoms. The second kappa shape index (κ2) is 9.25. The molecule has 0 unspecified atom stereocenters. The van der Waals surface area contributed by atoms with E-state index >= 15 is 0 Å². The highest BCUT2D eigenvalue weighted by Crippen LogP contribution is 2.32. The zero-order valence-corrected chi connectivity index (χ0v) is 17.9. The molecular formula is C22H17FN4O5S. The van der Waals surface area contributed by atoms with E-state index in [-0.39, 0.29) is 41.7 Å². The highest BCUT2D eigenvalue weighted by Gasteiger charge is 2.34. The number of fused-ring (bicyclic) bond motifs is 1. The van der Waals surface area contributed by atoms with Gasteiger partial charge in [-0.25, -0.2) is 4.39 Å². The molecule has 0 aliphatic carbocycles. The Hall–Kier alpha value is -3.99. The van der Waals surface area contributed by atoms with Gasteiger partial charge in [-0.3, -0.25) is 29.4 Å². The van der Waals surface area contributed by atoms with Crippen LogP contribution in [0.15, 0.2) is 59.6 Å². The van der Waals surface area contributed by atoms with Crippen molar-refractivity contribution in [2.24, 2.45) is 0 Å². The van der Waals surface area contributed by atoms with Gasteiger partial charge in [0.15, 0.2) is 0 Å². The van der Waals surface area contributed by atoms with Crippen LogP contribution in [0.1, 0.15) is 5.56 Å². The summed E-state index contributed by atoms with van der Waals surface area (Å²) in [6.45, 7) is -0.00540. The van der Waals surface area contributed by atoms with Gasteiger partial charge in [0.25, 0.3) is 16.8 Å². The van der Waals surface area contributed by atoms with Crippen molar-refractivity contribution < 1.29 is 23.7 Å². The van der Waals surface area contributed by atoms with Gasteiger partial charge in [0.1, 0.15) is 12.4 Å². The van der Waals surface area contributed by atoms with Crippen LogP contribution in [0.2, 0.25) is 0 Å². The number of hydrogen-bond donors (Lipinski definition) is 1. The summed E-state index contributed by atoms with van der Waals surface area (Å²) in [4.78, 5) is 48.6. The average Bonchev–Trinajstić information content (AvgIpc) is 3.30. The summed E-state index contributed by atoms with van der Waals surface area (Å²) < 4.78 is 15.5. The topological polar surface area (TPSA) is 115 Å². The smallest absolute Gasteiger partial charge is 0.293 e. The largest absolute Gasteiger partial charge is 0.353 e. The quantitative estimate of drug-likeness (QED) is 0.322. The first-order chi connectivity index (χ1) is 15.8. The third-order valence-corrected chi connectivity index (χ3v) is 5.91. The Labute approximate surface area is 191 Å². The third kappa shape index (κ3) is 4.77. The molecule has 2 aromatic carbocycles. The van der Waals surface area contributed by atoms with Crippen molar-refractivity contribution in [2.75, 3.05) is 13.1 Å². The van der Waals surface area contributed by atoms with E-state index in [2.05, 4.69) is 5.32 Å². The molecule has 3 amide bonds. The van der Waals surface area contributed by atoms with Crippen molar-refractivity contribution in [3.05, 3.63) is 81.1 Å². The summed E-state index contributed by atoms with van der Waals surface area (Å²) in [5.41, 5.74) is 0.839. The Morgan fingerprint density at radius 1 is 1.18 bits per heavy atom. The lowest BCUT2D eigenvalue weighted by molar-refractivity contribution is -0.384. The SMILES string of the molecule is O=C(Cn1ccc2cc([N+](=O)[O-])ccc21)NCCN1C(=O)S/C(=C/c2ccccc2F)C1=O. The van der Waals surface area contributed by atoms with Gasteiger partial charge in [-0.05, 0) is 36.0 Å². The van der Waals surface area contributed by atoms with E-state index < -0.39 is 21.9 Å². The maximum atomic E-state index is 13.8. The van der Waals surface area contributed by atoms with Gasteiger partial charge in [0.05, 0.1) is 9.83 Å². The number of carbonyl (C=O) groups is 3. The van der Waals surface area contributed by atoms with Gasteiger partial charge < -0.3 is 9.88 Å². The molecule has 1 N–H and O–H groups in total. The molecule has 4 rings (SSSR count). The molecule has 168 valence electrons. The van der Waals surface area contributed by atoms with Crippen LogP contribution in [-0.2, 0) is 16.1 Å². The predicted molar refractivity (Wildman–Crippen MR) is 121 cm³/mol. The maximum Gasteiger partial charge on any atom is 0.293 e. The summed E-state index contributed by atoms with van der Waals surface area (Å²) in [5.74, 6) is -1.39. The standard InChI is InChI=1S/C22H17FN4O5S/c23-17-4-2-1-3-14(17)12-19-21(29)26(22(30)33-19)10-8-24-20(28)13-25-9-7-15-11-16(27(31)32)5-6-18(15)25/h1-7,9,11-12H,8,10,13H2,(H,24,28)/b19-12+. The second-order valence-electron chi connectivity index (χ2n) is 7.15. The molecule has 1 saturated heterocycles. The van der Waals surface area contributed by atoms with E-state index in [1.807, 2.05) is 0 Å². The number of imide groups is 1. The highest BCUT2D eigenvalue weighted by molar-refractivity contribution is 8.18. The lowest BCUT2D eigenvalue weighted by Gasteiger charge is -2.13. The van der Waals surface area contributed by atoms with E-state index in [9.17, 15) is 28.9 Å². The Bertz CT molecular complexity index is 1320. The molecule has 2 heterocycles. The molecule has 1 aliphatic heterocycles. The molecular weight excluding hydrogens is 451 g/mol. The number of nitrogens with zero attached hydrogens (tertiary/aromatic N) is 3. The van der Waals surface area contributed by atoms with E-state index in [1.54, 1.807) is 29.0 Å². The van der Waals surface area contributed by atoms with E-state index in [0.717, 1.165) is 16.7 Å². The summed E-state index contributed by atoms with van der Waals surface area (Å²) in [6, 6.07) is 12.0. The second-order valence-corrected chi connectivity index (χ2v) is 8.14. The van der Waals surface area contributed by atoms with Crippen molar-refractivity contribution in [3.63, 3.8) is 0 Å². The normalized spacial score (nSPS) is 14.9. The lowest BCUT2D eigenvalue weighted by atomic mass is 10.2. The number of hydrogen-bond acceptors (Lipinski definition) is 6. The monoisotopic (exact) mass is 468 g/mol. The molecule has 0 saturated carbocycles. The minimum Gasteiger partial charge on any atom is -0.353 e. The number of aromatic nitrogens is 1. The van der Waals surface area contributed by atoms with Gasteiger partial charge in [0, 0.05) is 47.9 Å². The number of non-ortho nitro benzene ring substituents is 1. The average molecular weight is 468 g/mol. The molecule has 11 heteroatoms. The van der Waals surface area contributed by atoms with Crippen molar-refractivity contribution >= 4 is 51.5 Å². The molecule has 3 aromatic rings. The number of nitro groups is 1. The molecule has 9 nitrogen and oxygen atoms in total. The zero-order chi connectivity index (χ0) is 23.5. The summed E-state index contributed by atoms with van der Waals surface area (Å²) >= 11 is 0.720. The van der Waals surface area contributed by atoms with Crippen LogP contribution in [-0.4, -0.2) is 44.5 Å². The number of halogens is 1. The number of amides is 3. The minimum absolute atomic E-state index is 0.0242. The highest BCUT2D eigenvalue weighted by atomic mass is 32.2. The third-order valence-electron chi connectivity index (χ3n) is 5.00. The van der Waals surface area contributed by atoms with Crippen molar-refractivity contribution in [2.45, 2.75) is 6.54 Å². The van der Waals surface area contributed by atoms with Crippen LogP contribution in [0.5, 0.6) is 0 Å². The fourth-order valence-corrected chi connectivity index (χ4v) is 4.24. The maximum absolute atomic E-state index is 13.8. The van der Waals surface area contributed by atoms with Crippen LogP contribution >= 0.6 is 11.8 Å². The number of thioether (sulfide) groups is 1. The van der Waals surface area contributed by atoms with Crippen LogP contribution < -0.4 is 5.32 Å². The number of nitro benzene ring substituents is 1. The number of nitrogens with one attached hydrogen (secondary N) is 1. The summed E-state index contributed by atoms with van der Waals surface area (Å²) in [6.07, 6.45) is 2.98. The van der Waals surface area contributed by atoms with Crippen LogP contribution in [0.3, 0.4) is 0 Å². The molecule has 0 atom stereocenters. The first kappa shape index (κ1) is 22.2. The molecule has 0 radical (unpaired) electrons. The van der Waals surface area contributed by atoms with E-state index in [0.29, 0.717) is 10.9 Å². The Kier molecular flexibility index (Phi) is 6.22. The Balaban J connectivity index is 1.34. The van der Waals surface area contributed by atoms with E-state index in [1.165, 1.54) is 36.4 Å². The van der Waals surface area contributed by atoms with Gasteiger partial charge in [-0.1, -0.05) is 18.2 Å². The minimum atomic E-state index is -0.541. The summed E-state index contributed by atoms with van der Waals surface area (Å²) in [7, 11) is 0. The van der Waals surface area contributed by atoms with Crippen molar-refractivity contribution in [1.82, 2.24) is 14.8 Å². The summed E-state index contributed by atoms with van der Waals surface area (Å²) in [5, 5.41) is 13.7. The fourth-order valence-electron chi connectivity index (χ4n) is 3.38. The van der Waals surface area contributed by atoms with E-state index in [4.69, 9.17) is 0 Å². The van der Waals surface area contributed by atoms with Crippen LogP contribution in [0, 0.1) is 15.9 Å². The van der Waals surface area contributed by atoms with Gasteiger partial charge in [-0.15, -0.1) is 0 Å². The van der Waals surface area contributed by atoms with Crippen LogP contribution in [0.25, 0.3) is 17.0 Å². The number of rotatable bonds is 7. The molecule has 0 bridgehead atoms. The van der Waals surface area contributed by atoms with Crippen LogP contribution in [0.4, 0.5) is 14.9 Å². The molecule has 0 spiro atoms. The predicted octanol–water partition coefficient (Wildman–Crippen LogP) is 3.54. The van der Waals surface area contributed by atoms with Crippen molar-refractivity contribution in [3.8, 4) is 0 Å². The first-order valence-electron chi connectivity index (χ1n) is 9.83. The molecule has 1 aromatic heterocycles. The number of benzene rings is 2. The Morgan fingerprint density at radius 3 is 2.73 bits per heavy atom. The van der Waals surface area contributed by atoms with Gasteiger partial charge in [0.2, 0.25) is 5.91 Å². The first-order valence-corrected chi connectivity index (χ1v) is 10.6.